The minimum Gasteiger partial charge on any atom is -0.368 e. The fraction of sp³-hybridized carbons (Fsp3) is 0.643. The first-order chi connectivity index (χ1) is 9.83. The summed E-state index contributed by atoms with van der Waals surface area (Å²) in [6, 6.07) is 0.610. The van der Waals surface area contributed by atoms with Gasteiger partial charge in [0.15, 0.2) is 11.5 Å². The van der Waals surface area contributed by atoms with Crippen LogP contribution in [0.1, 0.15) is 38.5 Å². The third-order valence-electron chi connectivity index (χ3n) is 4.80. The summed E-state index contributed by atoms with van der Waals surface area (Å²) >= 11 is 0. The van der Waals surface area contributed by atoms with Crippen LogP contribution in [0.3, 0.4) is 0 Å². The van der Waals surface area contributed by atoms with Crippen LogP contribution in [0.5, 0.6) is 0 Å². The summed E-state index contributed by atoms with van der Waals surface area (Å²) < 4.78 is 0. The summed E-state index contributed by atoms with van der Waals surface area (Å²) in [4.78, 5) is 18.6. The number of aromatic amines is 1. The molecule has 3 heterocycles. The van der Waals surface area contributed by atoms with Crippen molar-refractivity contribution in [3.05, 3.63) is 6.33 Å². The maximum Gasteiger partial charge on any atom is 0.224 e. The van der Waals surface area contributed by atoms with Gasteiger partial charge in [-0.3, -0.25) is 0 Å². The second kappa shape index (κ2) is 4.61. The number of hydrogen-bond donors (Lipinski definition) is 2. The van der Waals surface area contributed by atoms with Crippen molar-refractivity contribution in [3.8, 4) is 0 Å². The highest BCUT2D eigenvalue weighted by Gasteiger charge is 2.35. The van der Waals surface area contributed by atoms with Crippen LogP contribution >= 0.6 is 0 Å². The normalized spacial score (nSPS) is 26.7. The van der Waals surface area contributed by atoms with Gasteiger partial charge in [-0.1, -0.05) is 12.8 Å². The summed E-state index contributed by atoms with van der Waals surface area (Å²) in [6.45, 7) is 1.06. The number of piperidine rings is 1. The second-order valence-electron chi connectivity index (χ2n) is 5.95. The molecule has 1 aliphatic heterocycles. The van der Waals surface area contributed by atoms with E-state index in [0.29, 0.717) is 17.6 Å². The average Bonchev–Trinajstić information content (AvgIpc) is 2.94. The Morgan fingerprint density at radius 1 is 1.15 bits per heavy atom. The predicted octanol–water partition coefficient (Wildman–Crippen LogP) is 2.09. The molecule has 6 heteroatoms. The van der Waals surface area contributed by atoms with E-state index in [4.69, 9.17) is 5.73 Å². The molecule has 2 aromatic rings. The molecule has 0 unspecified atom stereocenters. The molecule has 1 saturated heterocycles. The zero-order valence-electron chi connectivity index (χ0n) is 11.5. The molecule has 6 nitrogen and oxygen atoms in total. The van der Waals surface area contributed by atoms with E-state index in [-0.39, 0.29) is 0 Å². The molecule has 106 valence electrons. The van der Waals surface area contributed by atoms with E-state index in [2.05, 4.69) is 24.8 Å². The Hall–Kier alpha value is -1.85. The number of fused-ring (bicyclic) bond motifs is 2. The second-order valence-corrected chi connectivity index (χ2v) is 5.95. The highest BCUT2D eigenvalue weighted by molar-refractivity contribution is 5.84. The van der Waals surface area contributed by atoms with E-state index in [1.165, 1.54) is 38.5 Å². The summed E-state index contributed by atoms with van der Waals surface area (Å²) in [5.41, 5.74) is 7.45. The van der Waals surface area contributed by atoms with Gasteiger partial charge in [0.05, 0.1) is 6.33 Å². The van der Waals surface area contributed by atoms with Gasteiger partial charge in [0.25, 0.3) is 0 Å². The lowest BCUT2D eigenvalue weighted by Crippen LogP contribution is -2.47. The zero-order chi connectivity index (χ0) is 13.5. The molecular formula is C14H20N6. The van der Waals surface area contributed by atoms with E-state index >= 15 is 0 Å². The van der Waals surface area contributed by atoms with Crippen LogP contribution in [-0.4, -0.2) is 32.5 Å². The number of anilines is 2. The molecule has 3 N–H and O–H groups in total. The summed E-state index contributed by atoms with van der Waals surface area (Å²) in [5, 5.41) is 0. The van der Waals surface area contributed by atoms with Gasteiger partial charge in [0.1, 0.15) is 5.52 Å². The SMILES string of the molecule is Nc1nc(N2CCC[C@H]3CCCC[C@H]32)c2[nH]cnc2n1. The van der Waals surface area contributed by atoms with Crippen LogP contribution in [0.4, 0.5) is 11.8 Å². The third-order valence-corrected chi connectivity index (χ3v) is 4.80. The molecule has 0 aromatic carbocycles. The first-order valence-electron chi connectivity index (χ1n) is 7.56. The topological polar surface area (TPSA) is 83.7 Å². The lowest BCUT2D eigenvalue weighted by Gasteiger charge is -2.44. The molecule has 2 atom stereocenters. The van der Waals surface area contributed by atoms with Gasteiger partial charge in [-0.2, -0.15) is 9.97 Å². The molecule has 0 spiro atoms. The van der Waals surface area contributed by atoms with Gasteiger partial charge in [0, 0.05) is 12.6 Å². The minimum atomic E-state index is 0.317. The number of nitrogens with zero attached hydrogens (tertiary/aromatic N) is 4. The zero-order valence-corrected chi connectivity index (χ0v) is 11.5. The molecule has 20 heavy (non-hydrogen) atoms. The van der Waals surface area contributed by atoms with E-state index in [9.17, 15) is 0 Å². The van der Waals surface area contributed by atoms with E-state index in [0.717, 1.165) is 23.8 Å². The molecule has 0 amide bonds. The maximum atomic E-state index is 5.86. The molecule has 0 radical (unpaired) electrons. The molecule has 2 aliphatic rings. The summed E-state index contributed by atoms with van der Waals surface area (Å²) in [6.07, 6.45) is 9.59. The number of nitrogens with one attached hydrogen (secondary N) is 1. The summed E-state index contributed by atoms with van der Waals surface area (Å²) in [5.74, 6) is 2.07. The van der Waals surface area contributed by atoms with Crippen molar-refractivity contribution in [3.63, 3.8) is 0 Å². The number of aromatic nitrogens is 4. The van der Waals surface area contributed by atoms with Crippen molar-refractivity contribution >= 4 is 22.9 Å². The van der Waals surface area contributed by atoms with Gasteiger partial charge in [-0.05, 0) is 31.6 Å². The van der Waals surface area contributed by atoms with Crippen molar-refractivity contribution < 1.29 is 0 Å². The Kier molecular flexibility index (Phi) is 2.75. The number of nitrogens with two attached hydrogens (primary N) is 1. The largest absolute Gasteiger partial charge is 0.368 e. The van der Waals surface area contributed by atoms with Gasteiger partial charge in [-0.25, -0.2) is 4.98 Å². The Balaban J connectivity index is 1.79. The number of hydrogen-bond acceptors (Lipinski definition) is 5. The van der Waals surface area contributed by atoms with Crippen molar-refractivity contribution in [1.29, 1.82) is 0 Å². The molecule has 0 bridgehead atoms. The van der Waals surface area contributed by atoms with Crippen LogP contribution in [0.2, 0.25) is 0 Å². The fourth-order valence-corrected chi connectivity index (χ4v) is 3.93. The lowest BCUT2D eigenvalue weighted by atomic mass is 9.78. The average molecular weight is 272 g/mol. The first kappa shape index (κ1) is 11.9. The highest BCUT2D eigenvalue weighted by atomic mass is 15.3. The van der Waals surface area contributed by atoms with Crippen LogP contribution in [0, 0.1) is 5.92 Å². The van der Waals surface area contributed by atoms with Crippen molar-refractivity contribution in [1.82, 2.24) is 19.9 Å². The number of imidazole rings is 1. The van der Waals surface area contributed by atoms with Gasteiger partial charge < -0.3 is 15.6 Å². The Morgan fingerprint density at radius 2 is 2.00 bits per heavy atom. The molecule has 2 fully saturated rings. The van der Waals surface area contributed by atoms with Gasteiger partial charge in [-0.15, -0.1) is 0 Å². The first-order valence-corrected chi connectivity index (χ1v) is 7.56. The Labute approximate surface area is 117 Å². The third kappa shape index (κ3) is 1.82. The molecule has 4 rings (SSSR count). The van der Waals surface area contributed by atoms with E-state index in [1.807, 2.05) is 0 Å². The summed E-state index contributed by atoms with van der Waals surface area (Å²) in [7, 11) is 0. The Bertz CT molecular complexity index is 619. The Morgan fingerprint density at radius 3 is 2.95 bits per heavy atom. The molecular weight excluding hydrogens is 252 g/mol. The van der Waals surface area contributed by atoms with Crippen LogP contribution in [0.15, 0.2) is 6.33 Å². The monoisotopic (exact) mass is 272 g/mol. The van der Waals surface area contributed by atoms with Crippen LogP contribution in [-0.2, 0) is 0 Å². The van der Waals surface area contributed by atoms with Crippen LogP contribution in [0.25, 0.3) is 11.2 Å². The number of nitrogen functional groups attached to an aromatic ring is 1. The quantitative estimate of drug-likeness (QED) is 0.830. The fourth-order valence-electron chi connectivity index (χ4n) is 3.93. The van der Waals surface area contributed by atoms with Crippen molar-refractivity contribution in [2.24, 2.45) is 5.92 Å². The van der Waals surface area contributed by atoms with E-state index in [1.54, 1.807) is 6.33 Å². The number of rotatable bonds is 1. The van der Waals surface area contributed by atoms with Gasteiger partial charge >= 0.3 is 0 Å². The standard InChI is InChI=1S/C14H20N6/c15-14-18-12-11(16-8-17-12)13(19-14)20-7-3-5-9-4-1-2-6-10(9)20/h8-10H,1-7H2,(H3,15,16,17,18,19)/t9-,10-/m1/s1. The molecule has 2 aromatic heterocycles. The maximum absolute atomic E-state index is 5.86. The predicted molar refractivity (Wildman–Crippen MR) is 78.4 cm³/mol. The molecule has 1 saturated carbocycles. The lowest BCUT2D eigenvalue weighted by molar-refractivity contribution is 0.243. The highest BCUT2D eigenvalue weighted by Crippen LogP contribution is 2.38. The van der Waals surface area contributed by atoms with E-state index < -0.39 is 0 Å². The van der Waals surface area contributed by atoms with Crippen molar-refractivity contribution in [2.45, 2.75) is 44.6 Å². The van der Waals surface area contributed by atoms with Crippen molar-refractivity contribution in [2.75, 3.05) is 17.2 Å². The molecule has 1 aliphatic carbocycles. The minimum absolute atomic E-state index is 0.317. The van der Waals surface area contributed by atoms with Crippen LogP contribution < -0.4 is 10.6 Å². The van der Waals surface area contributed by atoms with Gasteiger partial charge in [0.2, 0.25) is 5.95 Å². The smallest absolute Gasteiger partial charge is 0.224 e. The number of H-pyrrole nitrogens is 1.